The minimum absolute atomic E-state index is 0.142. The van der Waals surface area contributed by atoms with Gasteiger partial charge in [-0.3, -0.25) is 0 Å². The summed E-state index contributed by atoms with van der Waals surface area (Å²) in [6.45, 7) is 3.84. The van der Waals surface area contributed by atoms with E-state index in [1.54, 1.807) is 0 Å². The van der Waals surface area contributed by atoms with E-state index in [4.69, 9.17) is 4.74 Å². The third-order valence-electron chi connectivity index (χ3n) is 3.55. The van der Waals surface area contributed by atoms with Crippen molar-refractivity contribution in [3.63, 3.8) is 0 Å². The van der Waals surface area contributed by atoms with Crippen LogP contribution in [0.25, 0.3) is 0 Å². The normalized spacial score (nSPS) is 19.3. The lowest BCUT2D eigenvalue weighted by molar-refractivity contribution is 0.118. The highest BCUT2D eigenvalue weighted by atomic mass is 19.2. The van der Waals surface area contributed by atoms with Crippen LogP contribution < -0.4 is 10.1 Å². The van der Waals surface area contributed by atoms with Gasteiger partial charge in [0.2, 0.25) is 0 Å². The van der Waals surface area contributed by atoms with Crippen molar-refractivity contribution in [3.8, 4) is 5.75 Å². The van der Waals surface area contributed by atoms with Crippen LogP contribution in [0.4, 0.5) is 14.5 Å². The summed E-state index contributed by atoms with van der Waals surface area (Å²) in [5, 5.41) is 3.06. The van der Waals surface area contributed by atoms with E-state index in [1.807, 2.05) is 38.1 Å². The second-order valence-electron chi connectivity index (χ2n) is 5.42. The smallest absolute Gasteiger partial charge is 0.181 e. The van der Waals surface area contributed by atoms with Crippen molar-refractivity contribution in [1.29, 1.82) is 0 Å². The number of hydrogen-bond donors (Lipinski definition) is 1. The van der Waals surface area contributed by atoms with Gasteiger partial charge in [0.15, 0.2) is 11.6 Å². The van der Waals surface area contributed by atoms with Gasteiger partial charge in [0.05, 0.1) is 11.7 Å². The largest absolute Gasteiger partial charge is 0.485 e. The number of ether oxygens (including phenoxy) is 1. The molecule has 1 N–H and O–H groups in total. The monoisotopic (exact) mass is 275 g/mol. The zero-order valence-electron chi connectivity index (χ0n) is 11.3. The standard InChI is InChI=1S/C16H15F2NO/c1-16(2)15(10-6-3-4-9-13(10)20-16)19-12-8-5-7-11(17)14(12)18/h3-9,15,19H,1-2H3. The van der Waals surface area contributed by atoms with E-state index in [9.17, 15) is 8.78 Å². The molecule has 0 amide bonds. The van der Waals surface area contributed by atoms with Crippen LogP contribution in [0.3, 0.4) is 0 Å². The van der Waals surface area contributed by atoms with Crippen molar-refractivity contribution >= 4 is 5.69 Å². The third kappa shape index (κ3) is 2.01. The maximum atomic E-state index is 13.8. The number of anilines is 1. The number of benzene rings is 2. The molecule has 2 aromatic rings. The van der Waals surface area contributed by atoms with Gasteiger partial charge in [0.1, 0.15) is 11.4 Å². The molecular weight excluding hydrogens is 260 g/mol. The summed E-state index contributed by atoms with van der Waals surface area (Å²) in [5.74, 6) is -0.959. The highest BCUT2D eigenvalue weighted by Gasteiger charge is 2.41. The maximum Gasteiger partial charge on any atom is 0.181 e. The minimum atomic E-state index is -0.868. The molecule has 2 nitrogen and oxygen atoms in total. The number of nitrogens with one attached hydrogen (secondary N) is 1. The molecule has 4 heteroatoms. The van der Waals surface area contributed by atoms with E-state index in [0.717, 1.165) is 17.4 Å². The van der Waals surface area contributed by atoms with Gasteiger partial charge in [-0.2, -0.15) is 0 Å². The molecule has 0 radical (unpaired) electrons. The molecule has 1 unspecified atom stereocenters. The molecule has 1 atom stereocenters. The number of rotatable bonds is 2. The molecule has 0 spiro atoms. The van der Waals surface area contributed by atoms with E-state index in [1.165, 1.54) is 12.1 Å². The Morgan fingerprint density at radius 2 is 1.80 bits per heavy atom. The fourth-order valence-corrected chi connectivity index (χ4v) is 2.55. The molecular formula is C16H15F2NO. The summed E-state index contributed by atoms with van der Waals surface area (Å²) >= 11 is 0. The van der Waals surface area contributed by atoms with Gasteiger partial charge in [-0.25, -0.2) is 8.78 Å². The molecule has 0 saturated heterocycles. The first-order chi connectivity index (χ1) is 9.49. The molecule has 0 bridgehead atoms. The Morgan fingerprint density at radius 1 is 1.05 bits per heavy atom. The van der Waals surface area contributed by atoms with Crippen LogP contribution in [-0.4, -0.2) is 5.60 Å². The first kappa shape index (κ1) is 12.9. The van der Waals surface area contributed by atoms with E-state index in [2.05, 4.69) is 5.32 Å². The van der Waals surface area contributed by atoms with Crippen LogP contribution in [0.2, 0.25) is 0 Å². The summed E-state index contributed by atoms with van der Waals surface area (Å²) in [7, 11) is 0. The predicted octanol–water partition coefficient (Wildman–Crippen LogP) is 4.29. The molecule has 0 aliphatic carbocycles. The van der Waals surface area contributed by atoms with Gasteiger partial charge < -0.3 is 10.1 Å². The quantitative estimate of drug-likeness (QED) is 0.882. The molecule has 0 fully saturated rings. The predicted molar refractivity (Wildman–Crippen MR) is 73.9 cm³/mol. The molecule has 104 valence electrons. The van der Waals surface area contributed by atoms with Gasteiger partial charge in [-0.15, -0.1) is 0 Å². The molecule has 1 aliphatic heterocycles. The first-order valence-electron chi connectivity index (χ1n) is 6.47. The van der Waals surface area contributed by atoms with Crippen molar-refractivity contribution in [1.82, 2.24) is 0 Å². The first-order valence-corrected chi connectivity index (χ1v) is 6.47. The fraction of sp³-hybridized carbons (Fsp3) is 0.250. The van der Waals surface area contributed by atoms with Crippen molar-refractivity contribution in [2.24, 2.45) is 0 Å². The Bertz CT molecular complexity index is 655. The SMILES string of the molecule is CC1(C)Oc2ccccc2C1Nc1cccc(F)c1F. The number of fused-ring (bicyclic) bond motifs is 1. The molecule has 1 aliphatic rings. The van der Waals surface area contributed by atoms with E-state index >= 15 is 0 Å². The lowest BCUT2D eigenvalue weighted by Crippen LogP contribution is -2.35. The highest BCUT2D eigenvalue weighted by molar-refractivity contribution is 5.52. The van der Waals surface area contributed by atoms with Crippen molar-refractivity contribution in [2.45, 2.75) is 25.5 Å². The zero-order valence-corrected chi connectivity index (χ0v) is 11.3. The van der Waals surface area contributed by atoms with E-state index in [0.29, 0.717) is 0 Å². The minimum Gasteiger partial charge on any atom is -0.485 e. The lowest BCUT2D eigenvalue weighted by atomic mass is 9.94. The topological polar surface area (TPSA) is 21.3 Å². The molecule has 20 heavy (non-hydrogen) atoms. The Hall–Kier alpha value is -2.10. The highest BCUT2D eigenvalue weighted by Crippen LogP contribution is 2.44. The fourth-order valence-electron chi connectivity index (χ4n) is 2.55. The average Bonchev–Trinajstić information content (AvgIpc) is 2.66. The second kappa shape index (κ2) is 4.47. The van der Waals surface area contributed by atoms with E-state index < -0.39 is 17.2 Å². The van der Waals surface area contributed by atoms with Gasteiger partial charge in [0, 0.05) is 5.56 Å². The molecule has 0 saturated carbocycles. The van der Waals surface area contributed by atoms with Crippen molar-refractivity contribution in [3.05, 3.63) is 59.7 Å². The summed E-state index contributed by atoms with van der Waals surface area (Å²) in [6.07, 6.45) is 0. The molecule has 2 aromatic carbocycles. The van der Waals surface area contributed by atoms with Crippen LogP contribution in [0.1, 0.15) is 25.5 Å². The number of para-hydroxylation sites is 1. The Kier molecular flexibility index (Phi) is 2.89. The van der Waals surface area contributed by atoms with Crippen molar-refractivity contribution in [2.75, 3.05) is 5.32 Å². The summed E-state index contributed by atoms with van der Waals surface area (Å²) < 4.78 is 33.0. The molecule has 1 heterocycles. The Morgan fingerprint density at radius 3 is 2.60 bits per heavy atom. The molecule has 0 aromatic heterocycles. The van der Waals surface area contributed by atoms with Crippen LogP contribution in [0.5, 0.6) is 5.75 Å². The zero-order chi connectivity index (χ0) is 14.3. The molecule has 3 rings (SSSR count). The second-order valence-corrected chi connectivity index (χ2v) is 5.42. The van der Waals surface area contributed by atoms with Crippen molar-refractivity contribution < 1.29 is 13.5 Å². The van der Waals surface area contributed by atoms with Gasteiger partial charge in [-0.1, -0.05) is 24.3 Å². The van der Waals surface area contributed by atoms with Crippen LogP contribution in [0.15, 0.2) is 42.5 Å². The van der Waals surface area contributed by atoms with Gasteiger partial charge in [-0.05, 0) is 32.0 Å². The summed E-state index contributed by atoms with van der Waals surface area (Å²) in [6, 6.07) is 11.5. The van der Waals surface area contributed by atoms with Gasteiger partial charge >= 0.3 is 0 Å². The Labute approximate surface area is 116 Å². The Balaban J connectivity index is 1.99. The van der Waals surface area contributed by atoms with E-state index in [-0.39, 0.29) is 11.7 Å². The lowest BCUT2D eigenvalue weighted by Gasteiger charge is -2.28. The third-order valence-corrected chi connectivity index (χ3v) is 3.55. The van der Waals surface area contributed by atoms with Crippen LogP contribution >= 0.6 is 0 Å². The van der Waals surface area contributed by atoms with Gasteiger partial charge in [0.25, 0.3) is 0 Å². The number of halogens is 2. The number of hydrogen-bond acceptors (Lipinski definition) is 2. The van der Waals surface area contributed by atoms with Crippen LogP contribution in [-0.2, 0) is 0 Å². The van der Waals surface area contributed by atoms with Crippen LogP contribution in [0, 0.1) is 11.6 Å². The summed E-state index contributed by atoms with van der Waals surface area (Å²) in [4.78, 5) is 0. The average molecular weight is 275 g/mol. The summed E-state index contributed by atoms with van der Waals surface area (Å²) in [5.41, 5.74) is 0.548. The maximum absolute atomic E-state index is 13.8.